The van der Waals surface area contributed by atoms with Crippen LogP contribution in [0, 0.1) is 0 Å². The van der Waals surface area contributed by atoms with Crippen LogP contribution in [0.4, 0.5) is 5.69 Å². The maximum absolute atomic E-state index is 12.8. The second-order valence-corrected chi connectivity index (χ2v) is 8.45. The van der Waals surface area contributed by atoms with E-state index in [-0.39, 0.29) is 11.5 Å². The molecule has 0 saturated carbocycles. The number of ether oxygens (including phenoxy) is 2. The van der Waals surface area contributed by atoms with Gasteiger partial charge in [0, 0.05) is 13.1 Å². The first-order valence-electron chi connectivity index (χ1n) is 10.1. The lowest BCUT2D eigenvalue weighted by Gasteiger charge is -2.20. The van der Waals surface area contributed by atoms with Crippen LogP contribution < -0.4 is 14.8 Å². The summed E-state index contributed by atoms with van der Waals surface area (Å²) in [6.45, 7) is 8.33. The second-order valence-electron chi connectivity index (χ2n) is 6.51. The molecular weight excluding hydrogens is 404 g/mol. The van der Waals surface area contributed by atoms with E-state index in [0.29, 0.717) is 36.9 Å². The van der Waals surface area contributed by atoms with E-state index in [1.54, 1.807) is 19.9 Å². The molecule has 1 amide bonds. The van der Waals surface area contributed by atoms with E-state index in [4.69, 9.17) is 9.47 Å². The summed E-state index contributed by atoms with van der Waals surface area (Å²) in [6, 6.07) is 12.0. The van der Waals surface area contributed by atoms with Crippen molar-refractivity contribution in [1.82, 2.24) is 4.31 Å². The highest BCUT2D eigenvalue weighted by molar-refractivity contribution is 7.89. The fourth-order valence-corrected chi connectivity index (χ4v) is 4.40. The highest BCUT2D eigenvalue weighted by atomic mass is 32.2. The molecule has 0 saturated heterocycles. The van der Waals surface area contributed by atoms with Gasteiger partial charge >= 0.3 is 0 Å². The SMILES string of the molecule is CCOc1ccc(S(=O)(=O)N(CC)CC)cc1NC(=O)COc1ccc(CC)cc1. The molecule has 0 bridgehead atoms. The van der Waals surface area contributed by atoms with Gasteiger partial charge in [-0.3, -0.25) is 4.79 Å². The van der Waals surface area contributed by atoms with Crippen molar-refractivity contribution in [3.63, 3.8) is 0 Å². The summed E-state index contributed by atoms with van der Waals surface area (Å²) in [5, 5.41) is 2.70. The van der Waals surface area contributed by atoms with Gasteiger partial charge in [0.2, 0.25) is 10.0 Å². The van der Waals surface area contributed by atoms with Crippen LogP contribution in [-0.4, -0.2) is 44.9 Å². The Hall–Kier alpha value is -2.58. The predicted octanol–water partition coefficient (Wildman–Crippen LogP) is 3.70. The van der Waals surface area contributed by atoms with Gasteiger partial charge in [-0.2, -0.15) is 4.31 Å². The van der Waals surface area contributed by atoms with Gasteiger partial charge in [-0.25, -0.2) is 8.42 Å². The van der Waals surface area contributed by atoms with Crippen molar-refractivity contribution in [2.45, 2.75) is 39.0 Å². The van der Waals surface area contributed by atoms with Crippen molar-refractivity contribution in [2.24, 2.45) is 0 Å². The van der Waals surface area contributed by atoms with E-state index < -0.39 is 15.9 Å². The summed E-state index contributed by atoms with van der Waals surface area (Å²) in [5.74, 6) is 0.579. The van der Waals surface area contributed by atoms with Crippen LogP contribution >= 0.6 is 0 Å². The van der Waals surface area contributed by atoms with E-state index in [1.165, 1.54) is 22.0 Å². The third-order valence-electron chi connectivity index (χ3n) is 4.57. The van der Waals surface area contributed by atoms with Gasteiger partial charge in [0.15, 0.2) is 6.61 Å². The van der Waals surface area contributed by atoms with E-state index in [2.05, 4.69) is 12.2 Å². The highest BCUT2D eigenvalue weighted by Crippen LogP contribution is 2.29. The Labute approximate surface area is 179 Å². The van der Waals surface area contributed by atoms with Crippen molar-refractivity contribution < 1.29 is 22.7 Å². The van der Waals surface area contributed by atoms with E-state index >= 15 is 0 Å². The molecule has 2 aromatic rings. The first-order valence-corrected chi connectivity index (χ1v) is 11.6. The number of nitrogens with zero attached hydrogens (tertiary/aromatic N) is 1. The lowest BCUT2D eigenvalue weighted by atomic mass is 10.2. The molecule has 2 aromatic carbocycles. The van der Waals surface area contributed by atoms with Crippen molar-refractivity contribution in [3.8, 4) is 11.5 Å². The summed E-state index contributed by atoms with van der Waals surface area (Å²) in [5.41, 5.74) is 1.47. The van der Waals surface area contributed by atoms with E-state index in [1.807, 2.05) is 31.2 Å². The van der Waals surface area contributed by atoms with Crippen molar-refractivity contribution in [1.29, 1.82) is 0 Å². The minimum atomic E-state index is -3.66. The number of sulfonamides is 1. The Kier molecular flexibility index (Phi) is 8.68. The van der Waals surface area contributed by atoms with Gasteiger partial charge in [-0.05, 0) is 49.2 Å². The molecule has 0 aromatic heterocycles. The largest absolute Gasteiger partial charge is 0.492 e. The molecule has 0 radical (unpaired) electrons. The zero-order valence-electron chi connectivity index (χ0n) is 18.0. The Morgan fingerprint density at radius 1 is 0.967 bits per heavy atom. The summed E-state index contributed by atoms with van der Waals surface area (Å²) in [4.78, 5) is 12.5. The molecule has 8 heteroatoms. The first-order chi connectivity index (χ1) is 14.3. The summed E-state index contributed by atoms with van der Waals surface area (Å²) < 4.78 is 38.1. The quantitative estimate of drug-likeness (QED) is 0.583. The molecule has 164 valence electrons. The maximum atomic E-state index is 12.8. The number of hydrogen-bond donors (Lipinski definition) is 1. The standard InChI is InChI=1S/C22H30N2O5S/c1-5-17-9-11-18(12-10-17)29-16-22(25)23-20-15-19(13-14-21(20)28-8-4)30(26,27)24(6-2)7-3/h9-15H,5-8,16H2,1-4H3,(H,23,25). The van der Waals surface area contributed by atoms with Crippen LogP contribution in [0.5, 0.6) is 11.5 Å². The number of amides is 1. The second kappa shape index (κ2) is 11.0. The van der Waals surface area contributed by atoms with E-state index in [0.717, 1.165) is 6.42 Å². The highest BCUT2D eigenvalue weighted by Gasteiger charge is 2.23. The predicted molar refractivity (Wildman–Crippen MR) is 118 cm³/mol. The Morgan fingerprint density at radius 2 is 1.63 bits per heavy atom. The summed E-state index contributed by atoms with van der Waals surface area (Å²) in [7, 11) is -3.66. The third kappa shape index (κ3) is 5.96. The van der Waals surface area contributed by atoms with E-state index in [9.17, 15) is 13.2 Å². The zero-order valence-corrected chi connectivity index (χ0v) is 18.8. The van der Waals surface area contributed by atoms with Crippen molar-refractivity contribution >= 4 is 21.6 Å². The average molecular weight is 435 g/mol. The van der Waals surface area contributed by atoms with Crippen LogP contribution in [0.25, 0.3) is 0 Å². The van der Waals surface area contributed by atoms with Crippen LogP contribution in [-0.2, 0) is 21.2 Å². The van der Waals surface area contributed by atoms with Crippen molar-refractivity contribution in [2.75, 3.05) is 31.6 Å². The maximum Gasteiger partial charge on any atom is 0.262 e. The third-order valence-corrected chi connectivity index (χ3v) is 6.62. The van der Waals surface area contributed by atoms with Gasteiger partial charge in [0.25, 0.3) is 5.91 Å². The molecule has 2 rings (SSSR count). The Morgan fingerprint density at radius 3 is 2.20 bits per heavy atom. The van der Waals surface area contributed by atoms with Crippen molar-refractivity contribution in [3.05, 3.63) is 48.0 Å². The van der Waals surface area contributed by atoms with Crippen LogP contribution in [0.2, 0.25) is 0 Å². The Balaban J connectivity index is 2.17. The molecular formula is C22H30N2O5S. The minimum absolute atomic E-state index is 0.0982. The number of carbonyl (C=O) groups is 1. The fraction of sp³-hybridized carbons (Fsp3) is 0.409. The topological polar surface area (TPSA) is 84.9 Å². The number of nitrogens with one attached hydrogen (secondary N) is 1. The molecule has 0 heterocycles. The number of hydrogen-bond acceptors (Lipinski definition) is 5. The normalized spacial score (nSPS) is 11.4. The molecule has 1 N–H and O–H groups in total. The van der Waals surface area contributed by atoms with Gasteiger partial charge < -0.3 is 14.8 Å². The molecule has 30 heavy (non-hydrogen) atoms. The van der Waals surface area contributed by atoms with Gasteiger partial charge in [-0.15, -0.1) is 0 Å². The summed E-state index contributed by atoms with van der Waals surface area (Å²) in [6.07, 6.45) is 0.924. The molecule has 7 nitrogen and oxygen atoms in total. The Bertz CT molecular complexity index is 939. The molecule has 0 unspecified atom stereocenters. The molecule has 0 spiro atoms. The smallest absolute Gasteiger partial charge is 0.262 e. The monoisotopic (exact) mass is 434 g/mol. The molecule has 0 aliphatic rings. The van der Waals surface area contributed by atoms with Gasteiger partial charge in [0.05, 0.1) is 17.2 Å². The van der Waals surface area contributed by atoms with Crippen LogP contribution in [0.1, 0.15) is 33.3 Å². The zero-order chi connectivity index (χ0) is 22.1. The number of carbonyl (C=O) groups excluding carboxylic acids is 1. The lowest BCUT2D eigenvalue weighted by Crippen LogP contribution is -2.30. The number of benzene rings is 2. The molecule has 0 aliphatic heterocycles. The average Bonchev–Trinajstić information content (AvgIpc) is 2.74. The fourth-order valence-electron chi connectivity index (χ4n) is 2.92. The minimum Gasteiger partial charge on any atom is -0.492 e. The van der Waals surface area contributed by atoms with Crippen LogP contribution in [0.15, 0.2) is 47.4 Å². The molecule has 0 atom stereocenters. The van der Waals surface area contributed by atoms with Gasteiger partial charge in [-0.1, -0.05) is 32.9 Å². The van der Waals surface area contributed by atoms with Gasteiger partial charge in [0.1, 0.15) is 11.5 Å². The number of anilines is 1. The lowest BCUT2D eigenvalue weighted by molar-refractivity contribution is -0.118. The number of rotatable bonds is 11. The first kappa shape index (κ1) is 23.7. The molecule has 0 aliphatic carbocycles. The summed E-state index contributed by atoms with van der Waals surface area (Å²) >= 11 is 0. The number of aryl methyl sites for hydroxylation is 1. The molecule has 0 fully saturated rings. The van der Waals surface area contributed by atoms with Crippen LogP contribution in [0.3, 0.4) is 0 Å².